The first-order valence-corrected chi connectivity index (χ1v) is 8.64. The fraction of sp³-hybridized carbons (Fsp3) is 0.0909. The fourth-order valence-electron chi connectivity index (χ4n) is 2.31. The van der Waals surface area contributed by atoms with E-state index in [4.69, 9.17) is 14.2 Å². The van der Waals surface area contributed by atoms with E-state index >= 15 is 0 Å². The average molecular weight is 376 g/mol. The van der Waals surface area contributed by atoms with Gasteiger partial charge in [-0.15, -0.1) is 0 Å². The number of methoxy groups -OCH3 is 1. The van der Waals surface area contributed by atoms with E-state index in [9.17, 15) is 4.79 Å². The molecule has 0 heterocycles. The van der Waals surface area contributed by atoms with Gasteiger partial charge in [0.2, 0.25) is 0 Å². The normalized spacial score (nSPS) is 10.5. The summed E-state index contributed by atoms with van der Waals surface area (Å²) >= 11 is 0. The van der Waals surface area contributed by atoms with Crippen LogP contribution in [0.2, 0.25) is 0 Å². The predicted molar refractivity (Wildman–Crippen MR) is 107 cm³/mol. The molecular weight excluding hydrogens is 356 g/mol. The van der Waals surface area contributed by atoms with Crippen LogP contribution >= 0.6 is 0 Å². The van der Waals surface area contributed by atoms with Crippen LogP contribution in [0.25, 0.3) is 0 Å². The smallest absolute Gasteiger partial charge is 0.277 e. The highest BCUT2D eigenvalue weighted by molar-refractivity contribution is 5.83. The Bertz CT molecular complexity index is 925. The molecule has 0 saturated carbocycles. The monoisotopic (exact) mass is 376 g/mol. The second-order valence-electron chi connectivity index (χ2n) is 5.74. The summed E-state index contributed by atoms with van der Waals surface area (Å²) in [5, 5.41) is 3.95. The summed E-state index contributed by atoms with van der Waals surface area (Å²) in [5.74, 6) is 2.37. The molecule has 3 aromatic carbocycles. The summed E-state index contributed by atoms with van der Waals surface area (Å²) in [7, 11) is 1.59. The summed E-state index contributed by atoms with van der Waals surface area (Å²) in [5.41, 5.74) is 3.23. The first-order valence-electron chi connectivity index (χ1n) is 8.64. The van der Waals surface area contributed by atoms with Crippen LogP contribution in [0.3, 0.4) is 0 Å². The van der Waals surface area contributed by atoms with E-state index in [1.807, 2.05) is 54.6 Å². The Morgan fingerprint density at radius 2 is 1.61 bits per heavy atom. The Morgan fingerprint density at radius 1 is 0.893 bits per heavy atom. The van der Waals surface area contributed by atoms with Gasteiger partial charge in [-0.25, -0.2) is 5.43 Å². The zero-order valence-corrected chi connectivity index (χ0v) is 15.4. The van der Waals surface area contributed by atoms with Crippen LogP contribution in [0.15, 0.2) is 84.0 Å². The van der Waals surface area contributed by atoms with Crippen molar-refractivity contribution in [3.8, 4) is 23.0 Å². The highest BCUT2D eigenvalue weighted by Crippen LogP contribution is 2.21. The summed E-state index contributed by atoms with van der Waals surface area (Å²) < 4.78 is 16.2. The maximum absolute atomic E-state index is 11.8. The minimum atomic E-state index is -0.358. The molecule has 28 heavy (non-hydrogen) atoms. The Balaban J connectivity index is 1.48. The predicted octanol–water partition coefficient (Wildman–Crippen LogP) is 4.02. The molecule has 3 aromatic rings. The molecule has 0 fully saturated rings. The van der Waals surface area contributed by atoms with Gasteiger partial charge < -0.3 is 14.2 Å². The maximum atomic E-state index is 11.8. The molecular formula is C22H20N2O4. The standard InChI is InChI=1S/C22H20N2O4/c1-26-18-10-12-19(13-11-18)27-16-22(25)24-23-15-17-6-5-9-21(14-17)28-20-7-3-2-4-8-20/h2-15H,16H2,1H3,(H,24,25). The van der Waals surface area contributed by atoms with Gasteiger partial charge >= 0.3 is 0 Å². The van der Waals surface area contributed by atoms with Crippen molar-refractivity contribution in [2.45, 2.75) is 0 Å². The first kappa shape index (κ1) is 19.0. The molecule has 1 amide bonds. The van der Waals surface area contributed by atoms with Crippen LogP contribution < -0.4 is 19.6 Å². The third-order valence-electron chi connectivity index (χ3n) is 3.67. The van der Waals surface area contributed by atoms with Crippen molar-refractivity contribution < 1.29 is 19.0 Å². The number of amides is 1. The van der Waals surface area contributed by atoms with Crippen molar-refractivity contribution in [3.63, 3.8) is 0 Å². The third-order valence-corrected chi connectivity index (χ3v) is 3.67. The minimum Gasteiger partial charge on any atom is -0.497 e. The first-order chi connectivity index (χ1) is 13.7. The minimum absolute atomic E-state index is 0.138. The lowest BCUT2D eigenvalue weighted by molar-refractivity contribution is -0.123. The molecule has 6 heteroatoms. The van der Waals surface area contributed by atoms with E-state index in [-0.39, 0.29) is 12.5 Å². The number of hydrogen-bond acceptors (Lipinski definition) is 5. The number of benzene rings is 3. The Kier molecular flexibility index (Phi) is 6.62. The summed E-state index contributed by atoms with van der Waals surface area (Å²) in [4.78, 5) is 11.8. The number of hydrazone groups is 1. The second kappa shape index (κ2) is 9.78. The number of ether oxygens (including phenoxy) is 3. The zero-order valence-electron chi connectivity index (χ0n) is 15.4. The number of nitrogens with one attached hydrogen (secondary N) is 1. The third kappa shape index (κ3) is 5.88. The zero-order chi connectivity index (χ0) is 19.6. The molecule has 0 bridgehead atoms. The molecule has 0 aliphatic rings. The summed E-state index contributed by atoms with van der Waals surface area (Å²) in [6, 6.07) is 23.9. The largest absolute Gasteiger partial charge is 0.497 e. The van der Waals surface area contributed by atoms with Gasteiger partial charge in [-0.2, -0.15) is 5.10 Å². The van der Waals surface area contributed by atoms with Crippen molar-refractivity contribution in [1.29, 1.82) is 0 Å². The molecule has 0 unspecified atom stereocenters. The Labute approximate surface area is 163 Å². The van der Waals surface area contributed by atoms with Gasteiger partial charge in [0.15, 0.2) is 6.61 Å². The van der Waals surface area contributed by atoms with Crippen molar-refractivity contribution in [3.05, 3.63) is 84.4 Å². The summed E-state index contributed by atoms with van der Waals surface area (Å²) in [6.07, 6.45) is 1.54. The molecule has 142 valence electrons. The lowest BCUT2D eigenvalue weighted by atomic mass is 10.2. The van der Waals surface area contributed by atoms with Crippen molar-refractivity contribution >= 4 is 12.1 Å². The molecule has 0 aliphatic heterocycles. The van der Waals surface area contributed by atoms with Gasteiger partial charge in [0.25, 0.3) is 5.91 Å². The van der Waals surface area contributed by atoms with E-state index < -0.39 is 0 Å². The average Bonchev–Trinajstić information content (AvgIpc) is 2.74. The lowest BCUT2D eigenvalue weighted by Crippen LogP contribution is -2.24. The second-order valence-corrected chi connectivity index (χ2v) is 5.74. The van der Waals surface area contributed by atoms with E-state index in [1.54, 1.807) is 37.6 Å². The van der Waals surface area contributed by atoms with Crippen molar-refractivity contribution in [2.24, 2.45) is 5.10 Å². The number of para-hydroxylation sites is 1. The van der Waals surface area contributed by atoms with Gasteiger partial charge in [-0.1, -0.05) is 30.3 Å². The van der Waals surface area contributed by atoms with E-state index in [0.29, 0.717) is 11.5 Å². The van der Waals surface area contributed by atoms with Gasteiger partial charge in [0.05, 0.1) is 13.3 Å². The Morgan fingerprint density at radius 3 is 2.36 bits per heavy atom. The number of nitrogens with zero attached hydrogens (tertiary/aromatic N) is 1. The topological polar surface area (TPSA) is 69.2 Å². The molecule has 0 spiro atoms. The molecule has 0 aromatic heterocycles. The Hall–Kier alpha value is -3.80. The van der Waals surface area contributed by atoms with Gasteiger partial charge in [-0.05, 0) is 54.1 Å². The van der Waals surface area contributed by atoms with Crippen LogP contribution in [-0.2, 0) is 4.79 Å². The van der Waals surface area contributed by atoms with Gasteiger partial charge in [0, 0.05) is 0 Å². The highest BCUT2D eigenvalue weighted by Gasteiger charge is 2.02. The highest BCUT2D eigenvalue weighted by atomic mass is 16.5. The number of hydrogen-bond donors (Lipinski definition) is 1. The molecule has 0 atom stereocenters. The quantitative estimate of drug-likeness (QED) is 0.476. The molecule has 0 radical (unpaired) electrons. The lowest BCUT2D eigenvalue weighted by Gasteiger charge is -2.06. The van der Waals surface area contributed by atoms with Crippen LogP contribution in [0.5, 0.6) is 23.0 Å². The fourth-order valence-corrected chi connectivity index (χ4v) is 2.31. The maximum Gasteiger partial charge on any atom is 0.277 e. The van der Waals surface area contributed by atoms with Crippen LogP contribution in [-0.4, -0.2) is 25.8 Å². The molecule has 3 rings (SSSR count). The molecule has 0 aliphatic carbocycles. The molecule has 1 N–H and O–H groups in total. The van der Waals surface area contributed by atoms with Crippen LogP contribution in [0, 0.1) is 0 Å². The van der Waals surface area contributed by atoms with Gasteiger partial charge in [-0.3, -0.25) is 4.79 Å². The molecule has 0 saturated heterocycles. The number of carbonyl (C=O) groups excluding carboxylic acids is 1. The van der Waals surface area contributed by atoms with Crippen molar-refractivity contribution in [2.75, 3.05) is 13.7 Å². The van der Waals surface area contributed by atoms with E-state index in [0.717, 1.165) is 17.1 Å². The van der Waals surface area contributed by atoms with Crippen LogP contribution in [0.4, 0.5) is 0 Å². The SMILES string of the molecule is COc1ccc(OCC(=O)NN=Cc2cccc(Oc3ccccc3)c2)cc1. The van der Waals surface area contributed by atoms with Gasteiger partial charge in [0.1, 0.15) is 23.0 Å². The van der Waals surface area contributed by atoms with E-state index in [1.165, 1.54) is 0 Å². The number of rotatable bonds is 8. The molecule has 6 nitrogen and oxygen atoms in total. The van der Waals surface area contributed by atoms with Crippen LogP contribution in [0.1, 0.15) is 5.56 Å². The van der Waals surface area contributed by atoms with E-state index in [2.05, 4.69) is 10.5 Å². The summed E-state index contributed by atoms with van der Waals surface area (Å²) in [6.45, 7) is -0.138. The van der Waals surface area contributed by atoms with Crippen molar-refractivity contribution in [1.82, 2.24) is 5.43 Å². The number of carbonyl (C=O) groups is 1.